The molecule has 0 aromatic carbocycles. The Morgan fingerprint density at radius 2 is 2.36 bits per heavy atom. The molecule has 0 aliphatic rings. The zero-order valence-corrected chi connectivity index (χ0v) is 6.70. The van der Waals surface area contributed by atoms with Gasteiger partial charge in [-0.25, -0.2) is 0 Å². The van der Waals surface area contributed by atoms with Crippen LogP contribution in [0.2, 0.25) is 0 Å². The van der Waals surface area contributed by atoms with Gasteiger partial charge in [-0.2, -0.15) is 5.26 Å². The lowest BCUT2D eigenvalue weighted by molar-refractivity contribution is -0.143. The van der Waals surface area contributed by atoms with Gasteiger partial charge in [-0.15, -0.1) is 0 Å². The van der Waals surface area contributed by atoms with Crippen LogP contribution >= 0.6 is 0 Å². The molecule has 4 heteroatoms. The van der Waals surface area contributed by atoms with Crippen LogP contribution in [0.1, 0.15) is 13.3 Å². The Balaban J connectivity index is 4.11. The minimum absolute atomic E-state index is 0.442. The molecule has 11 heavy (non-hydrogen) atoms. The van der Waals surface area contributed by atoms with E-state index in [9.17, 15) is 4.79 Å². The lowest BCUT2D eigenvalue weighted by Crippen LogP contribution is -2.38. The van der Waals surface area contributed by atoms with E-state index in [-0.39, 0.29) is 0 Å². The molecule has 0 aliphatic heterocycles. The Bertz CT molecular complexity index is 174. The summed E-state index contributed by atoms with van der Waals surface area (Å²) < 4.78 is 4.38. The van der Waals surface area contributed by atoms with Gasteiger partial charge in [0.2, 0.25) is 0 Å². The Hall–Kier alpha value is -1.08. The van der Waals surface area contributed by atoms with E-state index in [4.69, 9.17) is 11.0 Å². The van der Waals surface area contributed by atoms with Gasteiger partial charge in [0.15, 0.2) is 0 Å². The lowest BCUT2D eigenvalue weighted by atomic mass is 10.00. The maximum absolute atomic E-state index is 10.8. The fourth-order valence-corrected chi connectivity index (χ4v) is 0.726. The van der Waals surface area contributed by atoms with Crippen LogP contribution in [0.4, 0.5) is 0 Å². The van der Waals surface area contributed by atoms with Gasteiger partial charge < -0.3 is 10.5 Å². The first kappa shape index (κ1) is 9.92. The third kappa shape index (κ3) is 2.56. The van der Waals surface area contributed by atoms with Crippen LogP contribution < -0.4 is 5.73 Å². The molecule has 0 radical (unpaired) electrons. The van der Waals surface area contributed by atoms with Gasteiger partial charge >= 0.3 is 5.97 Å². The number of carbonyl (C=O) groups is 1. The van der Waals surface area contributed by atoms with E-state index in [1.165, 1.54) is 7.11 Å². The lowest BCUT2D eigenvalue weighted by Gasteiger charge is -2.12. The van der Waals surface area contributed by atoms with E-state index in [1.54, 1.807) is 6.92 Å². The second kappa shape index (κ2) is 4.69. The second-order valence-corrected chi connectivity index (χ2v) is 2.19. The van der Waals surface area contributed by atoms with Crippen molar-refractivity contribution in [3.63, 3.8) is 0 Å². The number of rotatable bonds is 3. The number of hydrogen-bond acceptors (Lipinski definition) is 4. The predicted molar refractivity (Wildman–Crippen MR) is 39.4 cm³/mol. The van der Waals surface area contributed by atoms with Crippen LogP contribution in [0, 0.1) is 17.2 Å². The highest BCUT2D eigenvalue weighted by molar-refractivity contribution is 5.76. The molecule has 2 atom stereocenters. The first-order valence-corrected chi connectivity index (χ1v) is 3.40. The van der Waals surface area contributed by atoms with Crippen LogP contribution in [-0.2, 0) is 9.53 Å². The SMILES string of the molecule is CCC(C#N)C(N)C(=O)OC. The van der Waals surface area contributed by atoms with Crippen molar-refractivity contribution >= 4 is 5.97 Å². The number of ether oxygens (including phenoxy) is 1. The van der Waals surface area contributed by atoms with Crippen molar-refractivity contribution in [2.45, 2.75) is 19.4 Å². The van der Waals surface area contributed by atoms with E-state index < -0.39 is 17.9 Å². The van der Waals surface area contributed by atoms with Crippen LogP contribution in [0.25, 0.3) is 0 Å². The molecule has 2 unspecified atom stereocenters. The van der Waals surface area contributed by atoms with Gasteiger partial charge in [0.25, 0.3) is 0 Å². The first-order chi connectivity index (χ1) is 5.17. The van der Waals surface area contributed by atoms with E-state index >= 15 is 0 Å². The summed E-state index contributed by atoms with van der Waals surface area (Å²) in [7, 11) is 1.26. The summed E-state index contributed by atoms with van der Waals surface area (Å²) >= 11 is 0. The van der Waals surface area contributed by atoms with E-state index in [0.29, 0.717) is 6.42 Å². The maximum Gasteiger partial charge on any atom is 0.324 e. The smallest absolute Gasteiger partial charge is 0.324 e. The topological polar surface area (TPSA) is 76.1 Å². The molecule has 0 saturated carbocycles. The molecule has 0 amide bonds. The zero-order chi connectivity index (χ0) is 8.85. The Morgan fingerprint density at radius 1 is 1.82 bits per heavy atom. The fourth-order valence-electron chi connectivity index (χ4n) is 0.726. The highest BCUT2D eigenvalue weighted by Crippen LogP contribution is 2.05. The summed E-state index contributed by atoms with van der Waals surface area (Å²) in [5.41, 5.74) is 5.40. The van der Waals surface area contributed by atoms with Gasteiger partial charge in [-0.3, -0.25) is 4.79 Å². The number of nitrogens with two attached hydrogens (primary N) is 1. The summed E-state index contributed by atoms with van der Waals surface area (Å²) in [5.74, 6) is -0.971. The number of nitriles is 1. The van der Waals surface area contributed by atoms with Gasteiger partial charge in [-0.05, 0) is 6.42 Å². The molecule has 0 aliphatic carbocycles. The standard InChI is InChI=1S/C7H12N2O2/c1-3-5(4-8)6(9)7(10)11-2/h5-6H,3,9H2,1-2H3. The van der Waals surface area contributed by atoms with Gasteiger partial charge in [0, 0.05) is 0 Å². The van der Waals surface area contributed by atoms with E-state index in [1.807, 2.05) is 6.07 Å². The highest BCUT2D eigenvalue weighted by Gasteiger charge is 2.23. The Morgan fingerprint density at radius 3 is 2.64 bits per heavy atom. The molecule has 4 nitrogen and oxygen atoms in total. The average molecular weight is 156 g/mol. The Kier molecular flexibility index (Phi) is 4.23. The molecule has 2 N–H and O–H groups in total. The molecule has 0 aromatic rings. The molecule has 62 valence electrons. The van der Waals surface area contributed by atoms with Crippen molar-refractivity contribution in [2.24, 2.45) is 11.7 Å². The maximum atomic E-state index is 10.8. The first-order valence-electron chi connectivity index (χ1n) is 3.40. The summed E-state index contributed by atoms with van der Waals surface area (Å²) in [4.78, 5) is 10.8. The molecule has 0 aromatic heterocycles. The van der Waals surface area contributed by atoms with Crippen LogP contribution in [-0.4, -0.2) is 19.1 Å². The normalized spacial score (nSPS) is 14.7. The molecular weight excluding hydrogens is 144 g/mol. The molecule has 0 fully saturated rings. The van der Waals surface area contributed by atoms with Gasteiger partial charge in [0.1, 0.15) is 6.04 Å². The molecule has 0 saturated heterocycles. The summed E-state index contributed by atoms with van der Waals surface area (Å²) in [6.07, 6.45) is 0.562. The quantitative estimate of drug-likeness (QED) is 0.585. The van der Waals surface area contributed by atoms with Gasteiger partial charge in [0.05, 0.1) is 19.1 Å². The summed E-state index contributed by atoms with van der Waals surface area (Å²) in [6.45, 7) is 1.80. The third-order valence-corrected chi connectivity index (χ3v) is 1.51. The Labute approximate surface area is 65.9 Å². The molecule has 0 spiro atoms. The monoisotopic (exact) mass is 156 g/mol. The summed E-state index contributed by atoms with van der Waals surface area (Å²) in [6, 6.07) is 1.13. The van der Waals surface area contributed by atoms with Gasteiger partial charge in [-0.1, -0.05) is 6.92 Å². The highest BCUT2D eigenvalue weighted by atomic mass is 16.5. The zero-order valence-electron chi connectivity index (χ0n) is 6.70. The minimum Gasteiger partial charge on any atom is -0.468 e. The van der Waals surface area contributed by atoms with E-state index in [0.717, 1.165) is 0 Å². The number of carbonyl (C=O) groups excluding carboxylic acids is 1. The number of methoxy groups -OCH3 is 1. The number of nitrogens with zero attached hydrogens (tertiary/aromatic N) is 1. The van der Waals surface area contributed by atoms with Crippen molar-refractivity contribution in [3.8, 4) is 6.07 Å². The average Bonchev–Trinajstić information content (AvgIpc) is 2.05. The van der Waals surface area contributed by atoms with Crippen LogP contribution in [0.15, 0.2) is 0 Å². The number of esters is 1. The molecular formula is C7H12N2O2. The van der Waals surface area contributed by atoms with Crippen molar-refractivity contribution in [1.82, 2.24) is 0 Å². The molecule has 0 bridgehead atoms. The van der Waals surface area contributed by atoms with Crippen LogP contribution in [0.3, 0.4) is 0 Å². The molecule has 0 heterocycles. The number of hydrogen-bond donors (Lipinski definition) is 1. The van der Waals surface area contributed by atoms with Crippen LogP contribution in [0.5, 0.6) is 0 Å². The predicted octanol–water partition coefficient (Wildman–Crippen LogP) is 0.0365. The summed E-state index contributed by atoms with van der Waals surface area (Å²) in [5, 5.41) is 8.50. The third-order valence-electron chi connectivity index (χ3n) is 1.51. The fraction of sp³-hybridized carbons (Fsp3) is 0.714. The largest absolute Gasteiger partial charge is 0.468 e. The molecule has 0 rings (SSSR count). The minimum atomic E-state index is -0.810. The van der Waals surface area contributed by atoms with Crippen molar-refractivity contribution in [3.05, 3.63) is 0 Å². The second-order valence-electron chi connectivity index (χ2n) is 2.19. The van der Waals surface area contributed by atoms with Crippen molar-refractivity contribution < 1.29 is 9.53 Å². The van der Waals surface area contributed by atoms with E-state index in [2.05, 4.69) is 4.74 Å². The van der Waals surface area contributed by atoms with Crippen molar-refractivity contribution in [1.29, 1.82) is 5.26 Å². The van der Waals surface area contributed by atoms with Crippen molar-refractivity contribution in [2.75, 3.05) is 7.11 Å².